The van der Waals surface area contributed by atoms with E-state index < -0.39 is 0 Å². The molecular weight excluding hydrogens is 208 g/mol. The van der Waals surface area contributed by atoms with Gasteiger partial charge in [-0.2, -0.15) is 0 Å². The first-order chi connectivity index (χ1) is 8.15. The average Bonchev–Trinajstić information content (AvgIpc) is 2.39. The van der Waals surface area contributed by atoms with E-state index in [9.17, 15) is 4.79 Å². The lowest BCUT2D eigenvalue weighted by Gasteiger charge is -2.37. The summed E-state index contributed by atoms with van der Waals surface area (Å²) in [4.78, 5) is 12.7. The summed E-state index contributed by atoms with van der Waals surface area (Å²) < 4.78 is 0. The summed E-state index contributed by atoms with van der Waals surface area (Å²) in [6.07, 6.45) is 12.4. The van der Waals surface area contributed by atoms with Gasteiger partial charge >= 0.3 is 0 Å². The van der Waals surface area contributed by atoms with Crippen LogP contribution < -0.4 is 0 Å². The quantitative estimate of drug-likeness (QED) is 0.691. The summed E-state index contributed by atoms with van der Waals surface area (Å²) in [6.45, 7) is 4.52. The van der Waals surface area contributed by atoms with Crippen LogP contribution in [0.5, 0.6) is 0 Å². The van der Waals surface area contributed by atoms with Crippen molar-refractivity contribution in [3.05, 3.63) is 0 Å². The third kappa shape index (κ3) is 2.92. The van der Waals surface area contributed by atoms with Crippen LogP contribution in [0.3, 0.4) is 0 Å². The Morgan fingerprint density at radius 3 is 2.18 bits per heavy atom. The van der Waals surface area contributed by atoms with E-state index in [-0.39, 0.29) is 5.41 Å². The van der Waals surface area contributed by atoms with Crippen molar-refractivity contribution in [3.63, 3.8) is 0 Å². The third-order valence-electron chi connectivity index (χ3n) is 5.35. The summed E-state index contributed by atoms with van der Waals surface area (Å²) in [6, 6.07) is 0. The van der Waals surface area contributed by atoms with Crippen molar-refractivity contribution >= 4 is 5.78 Å². The lowest BCUT2D eigenvalue weighted by molar-refractivity contribution is -0.135. The minimum atomic E-state index is 0.0436. The molecule has 1 nitrogen and oxygen atoms in total. The second-order valence-electron chi connectivity index (χ2n) is 6.61. The van der Waals surface area contributed by atoms with Crippen molar-refractivity contribution in [3.8, 4) is 0 Å². The molecule has 98 valence electrons. The zero-order valence-electron chi connectivity index (χ0n) is 11.6. The van der Waals surface area contributed by atoms with E-state index in [2.05, 4.69) is 13.8 Å². The monoisotopic (exact) mass is 236 g/mol. The molecule has 0 aromatic carbocycles. The molecule has 0 N–H and O–H groups in total. The molecule has 2 aliphatic rings. The normalized spacial score (nSPS) is 33.3. The number of carbonyl (C=O) groups is 1. The second-order valence-corrected chi connectivity index (χ2v) is 6.61. The molecule has 17 heavy (non-hydrogen) atoms. The molecule has 0 radical (unpaired) electrons. The molecule has 0 aromatic heterocycles. The van der Waals surface area contributed by atoms with E-state index in [4.69, 9.17) is 0 Å². The highest BCUT2D eigenvalue weighted by molar-refractivity contribution is 5.86. The first-order valence-corrected chi connectivity index (χ1v) is 7.70. The Kier molecular flexibility index (Phi) is 4.27. The van der Waals surface area contributed by atoms with Crippen LogP contribution in [0.15, 0.2) is 0 Å². The Balaban J connectivity index is 1.91. The number of hydrogen-bond donors (Lipinski definition) is 0. The van der Waals surface area contributed by atoms with Gasteiger partial charge in [-0.3, -0.25) is 4.79 Å². The highest BCUT2D eigenvalue weighted by atomic mass is 16.1. The Labute approximate surface area is 106 Å². The van der Waals surface area contributed by atoms with E-state index in [0.29, 0.717) is 11.7 Å². The molecule has 2 aliphatic carbocycles. The molecule has 2 rings (SSSR count). The van der Waals surface area contributed by atoms with Crippen molar-refractivity contribution < 1.29 is 4.79 Å². The van der Waals surface area contributed by atoms with Gasteiger partial charge in [-0.15, -0.1) is 0 Å². The molecule has 0 unspecified atom stereocenters. The van der Waals surface area contributed by atoms with Gasteiger partial charge in [0.2, 0.25) is 0 Å². The predicted molar refractivity (Wildman–Crippen MR) is 71.9 cm³/mol. The number of Topliss-reactive ketones (excluding diaryl/α,β-unsaturated/α-hetero) is 1. The Bertz CT molecular complexity index is 255. The lowest BCUT2D eigenvalue weighted by Crippen LogP contribution is -2.37. The molecule has 2 fully saturated rings. The predicted octanol–water partition coefficient (Wildman–Crippen LogP) is 4.74. The summed E-state index contributed by atoms with van der Waals surface area (Å²) >= 11 is 0. The average molecular weight is 236 g/mol. The molecule has 0 heterocycles. The van der Waals surface area contributed by atoms with Gasteiger partial charge in [0, 0.05) is 11.3 Å². The van der Waals surface area contributed by atoms with Crippen molar-refractivity contribution in [2.75, 3.05) is 0 Å². The topological polar surface area (TPSA) is 17.1 Å². The van der Waals surface area contributed by atoms with Crippen LogP contribution >= 0.6 is 0 Å². The summed E-state index contributed by atoms with van der Waals surface area (Å²) in [5.41, 5.74) is 0.0436. The van der Waals surface area contributed by atoms with Gasteiger partial charge < -0.3 is 0 Å². The Morgan fingerprint density at radius 1 is 1.06 bits per heavy atom. The Morgan fingerprint density at radius 2 is 1.65 bits per heavy atom. The zero-order chi connectivity index (χ0) is 12.3. The molecule has 1 heteroatoms. The molecule has 0 amide bonds. The molecule has 0 aliphatic heterocycles. The van der Waals surface area contributed by atoms with Crippen LogP contribution in [0.4, 0.5) is 0 Å². The highest BCUT2D eigenvalue weighted by Crippen LogP contribution is 2.42. The van der Waals surface area contributed by atoms with Gasteiger partial charge in [0.1, 0.15) is 5.78 Å². The fourth-order valence-corrected chi connectivity index (χ4v) is 3.90. The van der Waals surface area contributed by atoms with Crippen molar-refractivity contribution in [2.24, 2.45) is 17.3 Å². The SMILES string of the molecule is CCC1CCC(C(=O)C2(C)CCCCC2)CC1. The first-order valence-electron chi connectivity index (χ1n) is 7.70. The number of rotatable bonds is 3. The van der Waals surface area contributed by atoms with Gasteiger partial charge in [0.15, 0.2) is 0 Å². The van der Waals surface area contributed by atoms with E-state index in [1.54, 1.807) is 0 Å². The number of hydrogen-bond acceptors (Lipinski definition) is 1. The molecule has 0 atom stereocenters. The number of ketones is 1. The largest absolute Gasteiger partial charge is 0.299 e. The van der Waals surface area contributed by atoms with E-state index in [1.807, 2.05) is 0 Å². The van der Waals surface area contributed by atoms with Crippen LogP contribution in [0.2, 0.25) is 0 Å². The summed E-state index contributed by atoms with van der Waals surface area (Å²) in [5, 5.41) is 0. The van der Waals surface area contributed by atoms with Gasteiger partial charge in [0.25, 0.3) is 0 Å². The fraction of sp³-hybridized carbons (Fsp3) is 0.938. The minimum absolute atomic E-state index is 0.0436. The van der Waals surface area contributed by atoms with Gasteiger partial charge in [-0.1, -0.05) is 39.5 Å². The molecule has 0 bridgehead atoms. The molecule has 0 saturated heterocycles. The maximum absolute atomic E-state index is 12.7. The van der Waals surface area contributed by atoms with Crippen LogP contribution in [0.1, 0.15) is 78.1 Å². The van der Waals surface area contributed by atoms with Gasteiger partial charge in [0.05, 0.1) is 0 Å². The van der Waals surface area contributed by atoms with Crippen molar-refractivity contribution in [1.82, 2.24) is 0 Å². The first kappa shape index (κ1) is 13.1. The number of carbonyl (C=O) groups excluding carboxylic acids is 1. The molecule has 2 saturated carbocycles. The third-order valence-corrected chi connectivity index (χ3v) is 5.35. The summed E-state index contributed by atoms with van der Waals surface area (Å²) in [5.74, 6) is 1.92. The molecule has 0 aromatic rings. The van der Waals surface area contributed by atoms with Crippen LogP contribution in [-0.4, -0.2) is 5.78 Å². The van der Waals surface area contributed by atoms with Crippen LogP contribution in [0, 0.1) is 17.3 Å². The van der Waals surface area contributed by atoms with E-state index in [1.165, 1.54) is 51.4 Å². The second kappa shape index (κ2) is 5.54. The van der Waals surface area contributed by atoms with Gasteiger partial charge in [-0.25, -0.2) is 0 Å². The molecule has 0 spiro atoms. The van der Waals surface area contributed by atoms with Gasteiger partial charge in [-0.05, 0) is 44.4 Å². The van der Waals surface area contributed by atoms with E-state index >= 15 is 0 Å². The highest BCUT2D eigenvalue weighted by Gasteiger charge is 2.39. The summed E-state index contributed by atoms with van der Waals surface area (Å²) in [7, 11) is 0. The zero-order valence-corrected chi connectivity index (χ0v) is 11.6. The Hall–Kier alpha value is -0.330. The smallest absolute Gasteiger partial charge is 0.141 e. The maximum atomic E-state index is 12.7. The van der Waals surface area contributed by atoms with Crippen LogP contribution in [0.25, 0.3) is 0 Å². The van der Waals surface area contributed by atoms with Crippen molar-refractivity contribution in [1.29, 1.82) is 0 Å². The lowest BCUT2D eigenvalue weighted by atomic mass is 9.66. The standard InChI is InChI=1S/C16H28O/c1-3-13-7-9-14(10-8-13)15(17)16(2)11-5-4-6-12-16/h13-14H,3-12H2,1-2H3. The van der Waals surface area contributed by atoms with Crippen LogP contribution in [-0.2, 0) is 4.79 Å². The van der Waals surface area contributed by atoms with Crippen molar-refractivity contribution in [2.45, 2.75) is 78.1 Å². The van der Waals surface area contributed by atoms with E-state index in [0.717, 1.165) is 18.8 Å². The minimum Gasteiger partial charge on any atom is -0.299 e. The maximum Gasteiger partial charge on any atom is 0.141 e. The molecular formula is C16H28O. The fourth-order valence-electron chi connectivity index (χ4n) is 3.90.